The third kappa shape index (κ3) is 2.59. The van der Waals surface area contributed by atoms with Gasteiger partial charge in [0.2, 0.25) is 5.88 Å². The van der Waals surface area contributed by atoms with Crippen LogP contribution in [0.1, 0.15) is 23.7 Å². The molecular formula is C14H18N4O. The Labute approximate surface area is 112 Å². The number of benzene rings is 1. The first-order valence-corrected chi connectivity index (χ1v) is 6.17. The molecule has 0 aliphatic rings. The van der Waals surface area contributed by atoms with Crippen molar-refractivity contribution in [3.05, 3.63) is 41.1 Å². The van der Waals surface area contributed by atoms with Gasteiger partial charge in [-0.05, 0) is 31.0 Å². The fourth-order valence-corrected chi connectivity index (χ4v) is 2.00. The fourth-order valence-electron chi connectivity index (χ4n) is 2.00. The van der Waals surface area contributed by atoms with Crippen molar-refractivity contribution < 1.29 is 4.74 Å². The largest absolute Gasteiger partial charge is 0.438 e. The summed E-state index contributed by atoms with van der Waals surface area (Å²) in [6, 6.07) is 7.86. The van der Waals surface area contributed by atoms with Gasteiger partial charge >= 0.3 is 0 Å². The second-order valence-electron chi connectivity index (χ2n) is 4.41. The maximum Gasteiger partial charge on any atom is 0.228 e. The molecule has 0 aliphatic heterocycles. The van der Waals surface area contributed by atoms with Gasteiger partial charge in [-0.2, -0.15) is 5.10 Å². The second kappa shape index (κ2) is 5.14. The Morgan fingerprint density at radius 2 is 2.21 bits per heavy atom. The SMILES string of the molecule is CCc1cccc(Oc2c(C(=N)N)c(C)nn2C)c1. The summed E-state index contributed by atoms with van der Waals surface area (Å²) >= 11 is 0. The van der Waals surface area contributed by atoms with E-state index in [1.165, 1.54) is 5.56 Å². The van der Waals surface area contributed by atoms with E-state index < -0.39 is 0 Å². The van der Waals surface area contributed by atoms with Crippen molar-refractivity contribution in [3.63, 3.8) is 0 Å². The highest BCUT2D eigenvalue weighted by atomic mass is 16.5. The molecule has 0 saturated carbocycles. The molecule has 0 unspecified atom stereocenters. The first-order valence-electron chi connectivity index (χ1n) is 6.17. The zero-order valence-corrected chi connectivity index (χ0v) is 11.4. The van der Waals surface area contributed by atoms with E-state index in [1.807, 2.05) is 31.2 Å². The van der Waals surface area contributed by atoms with Crippen molar-refractivity contribution in [1.29, 1.82) is 5.41 Å². The van der Waals surface area contributed by atoms with Crippen LogP contribution in [0.15, 0.2) is 24.3 Å². The predicted octanol–water partition coefficient (Wildman–Crippen LogP) is 2.37. The van der Waals surface area contributed by atoms with E-state index >= 15 is 0 Å². The van der Waals surface area contributed by atoms with Crippen LogP contribution in [-0.2, 0) is 13.5 Å². The molecule has 2 rings (SSSR count). The summed E-state index contributed by atoms with van der Waals surface area (Å²) < 4.78 is 7.45. The molecule has 5 heteroatoms. The Hall–Kier alpha value is -2.30. The Bertz CT molecular complexity index is 616. The Kier molecular flexibility index (Phi) is 3.55. The quantitative estimate of drug-likeness (QED) is 0.653. The van der Waals surface area contributed by atoms with E-state index in [-0.39, 0.29) is 5.84 Å². The predicted molar refractivity (Wildman–Crippen MR) is 74.9 cm³/mol. The van der Waals surface area contributed by atoms with Gasteiger partial charge in [0.15, 0.2) is 0 Å². The molecule has 1 aromatic carbocycles. The summed E-state index contributed by atoms with van der Waals surface area (Å²) in [6.45, 7) is 3.90. The van der Waals surface area contributed by atoms with E-state index in [0.717, 1.165) is 12.2 Å². The standard InChI is InChI=1S/C14H18N4O/c1-4-10-6-5-7-11(8-10)19-14-12(13(15)16)9(2)17-18(14)3/h5-8H,4H2,1-3H3,(H3,15,16). The number of hydrogen-bond donors (Lipinski definition) is 2. The number of nitrogens with zero attached hydrogens (tertiary/aromatic N) is 2. The average molecular weight is 258 g/mol. The van der Waals surface area contributed by atoms with Crippen molar-refractivity contribution >= 4 is 5.84 Å². The van der Waals surface area contributed by atoms with Crippen molar-refractivity contribution in [3.8, 4) is 11.6 Å². The van der Waals surface area contributed by atoms with Crippen LogP contribution in [0.3, 0.4) is 0 Å². The Morgan fingerprint density at radius 1 is 1.47 bits per heavy atom. The van der Waals surface area contributed by atoms with Crippen molar-refractivity contribution in [2.24, 2.45) is 12.8 Å². The second-order valence-corrected chi connectivity index (χ2v) is 4.41. The fraction of sp³-hybridized carbons (Fsp3) is 0.286. The van der Waals surface area contributed by atoms with Gasteiger partial charge in [-0.25, -0.2) is 4.68 Å². The number of rotatable bonds is 4. The summed E-state index contributed by atoms with van der Waals surface area (Å²) in [6.07, 6.45) is 0.946. The van der Waals surface area contributed by atoms with Crippen molar-refractivity contribution in [1.82, 2.24) is 9.78 Å². The number of amidine groups is 1. The van der Waals surface area contributed by atoms with E-state index in [1.54, 1.807) is 11.7 Å². The van der Waals surface area contributed by atoms with Gasteiger partial charge in [-0.15, -0.1) is 0 Å². The third-order valence-corrected chi connectivity index (χ3v) is 2.96. The molecule has 0 amide bonds. The van der Waals surface area contributed by atoms with E-state index in [0.29, 0.717) is 17.1 Å². The monoisotopic (exact) mass is 258 g/mol. The number of aromatic nitrogens is 2. The zero-order chi connectivity index (χ0) is 14.0. The van der Waals surface area contributed by atoms with Crippen LogP contribution in [-0.4, -0.2) is 15.6 Å². The van der Waals surface area contributed by atoms with Crippen LogP contribution < -0.4 is 10.5 Å². The van der Waals surface area contributed by atoms with Crippen LogP contribution in [0.4, 0.5) is 0 Å². The Morgan fingerprint density at radius 3 is 2.84 bits per heavy atom. The lowest BCUT2D eigenvalue weighted by atomic mass is 10.2. The summed E-state index contributed by atoms with van der Waals surface area (Å²) in [4.78, 5) is 0. The molecule has 1 aromatic heterocycles. The maximum absolute atomic E-state index is 7.62. The molecule has 0 radical (unpaired) electrons. The molecule has 2 aromatic rings. The lowest BCUT2D eigenvalue weighted by Gasteiger charge is -2.09. The molecule has 3 N–H and O–H groups in total. The number of aryl methyl sites for hydroxylation is 3. The molecule has 0 atom stereocenters. The smallest absolute Gasteiger partial charge is 0.228 e. The first-order chi connectivity index (χ1) is 9.02. The molecule has 0 bridgehead atoms. The molecule has 0 aliphatic carbocycles. The van der Waals surface area contributed by atoms with E-state index in [4.69, 9.17) is 15.9 Å². The highest BCUT2D eigenvalue weighted by Gasteiger charge is 2.17. The molecular weight excluding hydrogens is 240 g/mol. The van der Waals surface area contributed by atoms with Crippen LogP contribution in [0.25, 0.3) is 0 Å². The number of nitrogens with two attached hydrogens (primary N) is 1. The molecule has 100 valence electrons. The number of nitrogen functional groups attached to an aromatic ring is 1. The van der Waals surface area contributed by atoms with Gasteiger partial charge in [-0.1, -0.05) is 19.1 Å². The van der Waals surface area contributed by atoms with Crippen LogP contribution in [0.2, 0.25) is 0 Å². The van der Waals surface area contributed by atoms with Gasteiger partial charge in [-0.3, -0.25) is 5.41 Å². The summed E-state index contributed by atoms with van der Waals surface area (Å²) in [5.74, 6) is 1.19. The van der Waals surface area contributed by atoms with Crippen LogP contribution in [0, 0.1) is 12.3 Å². The topological polar surface area (TPSA) is 76.9 Å². The highest BCUT2D eigenvalue weighted by Crippen LogP contribution is 2.27. The van der Waals surface area contributed by atoms with Crippen molar-refractivity contribution in [2.45, 2.75) is 20.3 Å². The van der Waals surface area contributed by atoms with E-state index in [9.17, 15) is 0 Å². The minimum absolute atomic E-state index is 0.0350. The lowest BCUT2D eigenvalue weighted by Crippen LogP contribution is -2.13. The van der Waals surface area contributed by atoms with Crippen LogP contribution >= 0.6 is 0 Å². The summed E-state index contributed by atoms with van der Waals surface area (Å²) in [7, 11) is 1.78. The Balaban J connectivity index is 2.40. The van der Waals surface area contributed by atoms with E-state index in [2.05, 4.69) is 12.0 Å². The van der Waals surface area contributed by atoms with Crippen LogP contribution in [0.5, 0.6) is 11.6 Å². The first kappa shape index (κ1) is 13.1. The molecule has 0 spiro atoms. The normalized spacial score (nSPS) is 10.5. The molecule has 5 nitrogen and oxygen atoms in total. The molecule has 0 saturated heterocycles. The highest BCUT2D eigenvalue weighted by molar-refractivity contribution is 5.98. The average Bonchev–Trinajstić information content (AvgIpc) is 2.64. The van der Waals surface area contributed by atoms with Crippen molar-refractivity contribution in [2.75, 3.05) is 0 Å². The summed E-state index contributed by atoms with van der Waals surface area (Å²) in [5, 5.41) is 11.9. The maximum atomic E-state index is 7.62. The lowest BCUT2D eigenvalue weighted by molar-refractivity contribution is 0.429. The van der Waals surface area contributed by atoms with Gasteiger partial charge in [0.1, 0.15) is 17.1 Å². The minimum atomic E-state index is -0.0350. The molecule has 1 heterocycles. The molecule has 19 heavy (non-hydrogen) atoms. The number of ether oxygens (including phenoxy) is 1. The summed E-state index contributed by atoms with van der Waals surface area (Å²) in [5.41, 5.74) is 8.02. The van der Waals surface area contributed by atoms with Gasteiger partial charge < -0.3 is 10.5 Å². The van der Waals surface area contributed by atoms with Gasteiger partial charge in [0.25, 0.3) is 0 Å². The minimum Gasteiger partial charge on any atom is -0.438 e. The van der Waals surface area contributed by atoms with Gasteiger partial charge in [0.05, 0.1) is 5.69 Å². The zero-order valence-electron chi connectivity index (χ0n) is 11.4. The number of hydrogen-bond acceptors (Lipinski definition) is 3. The molecule has 0 fully saturated rings. The third-order valence-electron chi connectivity index (χ3n) is 2.96. The van der Waals surface area contributed by atoms with Gasteiger partial charge in [0, 0.05) is 7.05 Å². The number of nitrogens with one attached hydrogen (secondary N) is 1.